The average molecular weight is 333 g/mol. The van der Waals surface area contributed by atoms with E-state index in [1.807, 2.05) is 0 Å². The molecule has 0 heterocycles. The summed E-state index contributed by atoms with van der Waals surface area (Å²) in [4.78, 5) is 0. The van der Waals surface area contributed by atoms with E-state index in [2.05, 4.69) is 64.2 Å². The zero-order valence-corrected chi connectivity index (χ0v) is 17.0. The average Bonchev–Trinajstić information content (AvgIpc) is 2.45. The van der Waals surface area contributed by atoms with Gasteiger partial charge in [-0.1, -0.05) is 75.2 Å². The van der Waals surface area contributed by atoms with Crippen LogP contribution in [0.25, 0.3) is 0 Å². The predicted octanol–water partition coefficient (Wildman–Crippen LogP) is 5.02. The van der Waals surface area contributed by atoms with Crippen molar-refractivity contribution >= 4 is 23.0 Å². The Hall–Kier alpha value is -0.386. The Kier molecular flexibility index (Phi) is 6.09. The van der Waals surface area contributed by atoms with Crippen LogP contribution < -0.4 is 5.19 Å². The van der Waals surface area contributed by atoms with Crippen molar-refractivity contribution in [1.82, 2.24) is 0 Å². The maximum absolute atomic E-state index is 6.67. The van der Waals surface area contributed by atoms with Crippen LogP contribution >= 0.6 is 0 Å². The van der Waals surface area contributed by atoms with Gasteiger partial charge in [0.05, 0.1) is 9.52 Å². The van der Waals surface area contributed by atoms with Crippen molar-refractivity contribution in [2.75, 3.05) is 0 Å². The largest absolute Gasteiger partial charge is 0.414 e. The molecule has 0 amide bonds. The van der Waals surface area contributed by atoms with Gasteiger partial charge in [0.25, 0.3) is 0 Å². The molecule has 22 heavy (non-hydrogen) atoms. The molecule has 0 spiro atoms. The third-order valence-corrected chi connectivity index (χ3v) is 11.4. The van der Waals surface area contributed by atoms with E-state index in [1.165, 1.54) is 36.9 Å². The number of rotatable bonds is 5. The highest BCUT2D eigenvalue weighted by Gasteiger charge is 2.39. The Morgan fingerprint density at radius 2 is 1.82 bits per heavy atom. The Morgan fingerprint density at radius 3 is 2.45 bits per heavy atom. The second-order valence-electron chi connectivity index (χ2n) is 8.28. The minimum absolute atomic E-state index is 0.325. The standard InChI is InChI=1S/C19H32OSi2/c1-19(2,3)22(4,5)20-17-11-9-10-16(14-17)15-21-18-12-7-6-8-13-18/h6-8,12-13,16-17H,9-11,14-15H2,1-5H3/t16-,17-/m0/s1. The van der Waals surface area contributed by atoms with Gasteiger partial charge in [0.15, 0.2) is 8.32 Å². The van der Waals surface area contributed by atoms with Crippen molar-refractivity contribution < 1.29 is 4.43 Å². The molecule has 0 unspecified atom stereocenters. The lowest BCUT2D eigenvalue weighted by atomic mass is 9.89. The third-order valence-electron chi connectivity index (χ3n) is 5.37. The van der Waals surface area contributed by atoms with E-state index in [1.54, 1.807) is 0 Å². The summed E-state index contributed by atoms with van der Waals surface area (Å²) in [6.07, 6.45) is 5.82. The lowest BCUT2D eigenvalue weighted by molar-refractivity contribution is 0.114. The molecular formula is C19H32OSi2. The van der Waals surface area contributed by atoms with Crippen molar-refractivity contribution in [2.45, 2.75) is 76.7 Å². The van der Waals surface area contributed by atoms with E-state index in [-0.39, 0.29) is 0 Å². The van der Waals surface area contributed by atoms with Crippen LogP contribution in [-0.2, 0) is 4.43 Å². The van der Waals surface area contributed by atoms with Gasteiger partial charge in [-0.25, -0.2) is 0 Å². The van der Waals surface area contributed by atoms with Crippen molar-refractivity contribution in [2.24, 2.45) is 5.92 Å². The summed E-state index contributed by atoms with van der Waals surface area (Å²) < 4.78 is 6.67. The molecule has 1 aliphatic rings. The Balaban J connectivity index is 1.84. The highest BCUT2D eigenvalue weighted by Crippen LogP contribution is 2.40. The van der Waals surface area contributed by atoms with Gasteiger partial charge in [-0.2, -0.15) is 0 Å². The minimum Gasteiger partial charge on any atom is -0.414 e. The maximum atomic E-state index is 6.67. The van der Waals surface area contributed by atoms with Crippen LogP contribution in [0.5, 0.6) is 0 Å². The molecule has 0 N–H and O–H groups in total. The first kappa shape index (κ1) is 18.0. The van der Waals surface area contributed by atoms with Crippen molar-refractivity contribution in [3.05, 3.63) is 30.3 Å². The Bertz CT molecular complexity index is 450. The van der Waals surface area contributed by atoms with E-state index < -0.39 is 8.32 Å². The molecule has 1 fully saturated rings. The highest BCUT2D eigenvalue weighted by molar-refractivity contribution is 6.74. The van der Waals surface area contributed by atoms with Crippen molar-refractivity contribution in [1.29, 1.82) is 0 Å². The monoisotopic (exact) mass is 332 g/mol. The summed E-state index contributed by atoms with van der Waals surface area (Å²) in [5, 5.41) is 1.83. The van der Waals surface area contributed by atoms with Gasteiger partial charge in [0.1, 0.15) is 0 Å². The van der Waals surface area contributed by atoms with E-state index >= 15 is 0 Å². The molecule has 122 valence electrons. The molecule has 0 bridgehead atoms. The minimum atomic E-state index is -1.61. The zero-order chi connectivity index (χ0) is 16.2. The molecule has 1 aromatic carbocycles. The van der Waals surface area contributed by atoms with Crippen LogP contribution in [0, 0.1) is 5.92 Å². The molecule has 1 nitrogen and oxygen atoms in total. The first-order valence-electron chi connectivity index (χ1n) is 8.75. The van der Waals surface area contributed by atoms with Gasteiger partial charge in [-0.3, -0.25) is 0 Å². The summed E-state index contributed by atoms with van der Waals surface area (Å²) in [6, 6.07) is 12.3. The summed E-state index contributed by atoms with van der Waals surface area (Å²) >= 11 is 0. The quantitative estimate of drug-likeness (QED) is 0.688. The lowest BCUT2D eigenvalue weighted by Crippen LogP contribution is -2.45. The van der Waals surface area contributed by atoms with Gasteiger partial charge < -0.3 is 4.43 Å². The molecule has 2 radical (unpaired) electrons. The van der Waals surface area contributed by atoms with Gasteiger partial charge in [-0.05, 0) is 36.9 Å². The lowest BCUT2D eigenvalue weighted by Gasteiger charge is -2.41. The normalized spacial score (nSPS) is 23.5. The van der Waals surface area contributed by atoms with Crippen LogP contribution in [0.1, 0.15) is 46.5 Å². The molecule has 1 aromatic rings. The predicted molar refractivity (Wildman–Crippen MR) is 101 cm³/mol. The van der Waals surface area contributed by atoms with Crippen LogP contribution in [0.4, 0.5) is 0 Å². The molecule has 1 saturated carbocycles. The topological polar surface area (TPSA) is 9.23 Å². The molecule has 0 aromatic heterocycles. The van der Waals surface area contributed by atoms with Crippen LogP contribution in [0.2, 0.25) is 24.2 Å². The van der Waals surface area contributed by atoms with Crippen molar-refractivity contribution in [3.8, 4) is 0 Å². The van der Waals surface area contributed by atoms with E-state index in [9.17, 15) is 0 Å². The van der Waals surface area contributed by atoms with Crippen LogP contribution in [0.3, 0.4) is 0 Å². The van der Waals surface area contributed by atoms with Crippen molar-refractivity contribution in [3.63, 3.8) is 0 Å². The number of hydrogen-bond donors (Lipinski definition) is 0. The summed E-state index contributed by atoms with van der Waals surface area (Å²) in [5.41, 5.74) is 0. The first-order chi connectivity index (χ1) is 10.3. The second-order valence-corrected chi connectivity index (χ2v) is 14.4. The first-order valence-corrected chi connectivity index (χ1v) is 12.9. The number of hydrogen-bond acceptors (Lipinski definition) is 1. The Morgan fingerprint density at radius 1 is 1.14 bits per heavy atom. The molecule has 0 aliphatic heterocycles. The van der Waals surface area contributed by atoms with E-state index in [4.69, 9.17) is 4.43 Å². The zero-order valence-electron chi connectivity index (χ0n) is 15.0. The van der Waals surface area contributed by atoms with Gasteiger partial charge in [0, 0.05) is 6.10 Å². The maximum Gasteiger partial charge on any atom is 0.192 e. The smallest absolute Gasteiger partial charge is 0.192 e. The summed E-state index contributed by atoms with van der Waals surface area (Å²) in [7, 11) is -0.649. The van der Waals surface area contributed by atoms with E-state index in [0.29, 0.717) is 11.1 Å². The fourth-order valence-corrected chi connectivity index (χ4v) is 5.67. The molecule has 0 saturated heterocycles. The SMILES string of the molecule is CC(C)(C)[Si](C)(C)O[C@H]1CCC[C@H](C[Si]c2ccccc2)C1. The molecular weight excluding hydrogens is 300 g/mol. The van der Waals surface area contributed by atoms with Crippen LogP contribution in [0.15, 0.2) is 30.3 Å². The molecule has 3 heteroatoms. The van der Waals surface area contributed by atoms with Gasteiger partial charge >= 0.3 is 0 Å². The van der Waals surface area contributed by atoms with E-state index in [0.717, 1.165) is 15.4 Å². The molecule has 1 aliphatic carbocycles. The summed E-state index contributed by atoms with van der Waals surface area (Å²) in [6.45, 7) is 11.8. The number of benzene rings is 1. The molecule has 2 atom stereocenters. The highest BCUT2D eigenvalue weighted by atomic mass is 28.4. The molecule has 2 rings (SSSR count). The van der Waals surface area contributed by atoms with Crippen LogP contribution in [-0.4, -0.2) is 23.9 Å². The van der Waals surface area contributed by atoms with Gasteiger partial charge in [-0.15, -0.1) is 0 Å². The third kappa shape index (κ3) is 5.07. The second kappa shape index (κ2) is 7.46. The fraction of sp³-hybridized carbons (Fsp3) is 0.684. The summed E-state index contributed by atoms with van der Waals surface area (Å²) in [5.74, 6) is 0.863. The van der Waals surface area contributed by atoms with Gasteiger partial charge in [0.2, 0.25) is 0 Å². The Labute approximate surface area is 140 Å². The fourth-order valence-electron chi connectivity index (χ4n) is 2.95.